The molecule has 0 radical (unpaired) electrons. The fourth-order valence-corrected chi connectivity index (χ4v) is 4.27. The first-order chi connectivity index (χ1) is 14.3. The Morgan fingerprint density at radius 3 is 2.83 bits per heavy atom. The number of aromatic nitrogens is 1. The topological polar surface area (TPSA) is 78.9 Å². The predicted octanol–water partition coefficient (Wildman–Crippen LogP) is 3.84. The Balaban J connectivity index is 1.76. The van der Waals surface area contributed by atoms with Gasteiger partial charge in [-0.1, -0.05) is 6.92 Å². The Hall–Kier alpha value is -1.83. The summed E-state index contributed by atoms with van der Waals surface area (Å²) in [5.41, 5.74) is -0.447. The van der Waals surface area contributed by atoms with E-state index < -0.39 is 5.60 Å². The second kappa shape index (κ2) is 12.1. The minimum atomic E-state index is -0.447. The van der Waals surface area contributed by atoms with E-state index in [9.17, 15) is 4.79 Å². The molecule has 170 valence electrons. The maximum atomic E-state index is 12.3. The lowest BCUT2D eigenvalue weighted by atomic mass is 9.95. The van der Waals surface area contributed by atoms with Gasteiger partial charge in [-0.3, -0.25) is 4.99 Å². The molecule has 1 unspecified atom stereocenters. The highest BCUT2D eigenvalue weighted by Crippen LogP contribution is 2.21. The van der Waals surface area contributed by atoms with Gasteiger partial charge in [0.2, 0.25) is 0 Å². The van der Waals surface area contributed by atoms with Gasteiger partial charge < -0.3 is 20.3 Å². The molecule has 8 heteroatoms. The molecule has 1 saturated heterocycles. The minimum absolute atomic E-state index is 0.195. The van der Waals surface area contributed by atoms with Crippen molar-refractivity contribution in [3.05, 3.63) is 16.1 Å². The number of amides is 1. The van der Waals surface area contributed by atoms with Crippen molar-refractivity contribution in [1.82, 2.24) is 20.5 Å². The molecular formula is C22H39N5O2S. The number of carbonyl (C=O) groups is 1. The molecule has 1 fully saturated rings. The van der Waals surface area contributed by atoms with Crippen LogP contribution in [0, 0.1) is 5.92 Å². The Kier molecular flexibility index (Phi) is 9.88. The maximum absolute atomic E-state index is 12.3. The molecule has 0 saturated carbocycles. The van der Waals surface area contributed by atoms with Gasteiger partial charge in [-0.2, -0.15) is 0 Å². The normalized spacial score (nSPS) is 17.7. The van der Waals surface area contributed by atoms with E-state index in [1.165, 1.54) is 9.88 Å². The fourth-order valence-electron chi connectivity index (χ4n) is 3.41. The lowest BCUT2D eigenvalue weighted by Crippen LogP contribution is -2.43. The van der Waals surface area contributed by atoms with Crippen LogP contribution >= 0.6 is 11.3 Å². The largest absolute Gasteiger partial charge is 0.444 e. The van der Waals surface area contributed by atoms with Crippen LogP contribution in [0.15, 0.2) is 11.2 Å². The average Bonchev–Trinajstić information content (AvgIpc) is 3.15. The quantitative estimate of drug-likeness (QED) is 0.477. The van der Waals surface area contributed by atoms with Crippen LogP contribution < -0.4 is 10.6 Å². The molecule has 1 aromatic rings. The summed E-state index contributed by atoms with van der Waals surface area (Å²) < 4.78 is 5.52. The van der Waals surface area contributed by atoms with Gasteiger partial charge in [0.05, 0.1) is 5.01 Å². The summed E-state index contributed by atoms with van der Waals surface area (Å²) in [6.07, 6.45) is 6.87. The van der Waals surface area contributed by atoms with Crippen molar-refractivity contribution in [2.75, 3.05) is 32.7 Å². The number of guanidine groups is 1. The van der Waals surface area contributed by atoms with Crippen molar-refractivity contribution in [3.8, 4) is 0 Å². The number of hydrogen-bond donors (Lipinski definition) is 2. The molecule has 2 heterocycles. The van der Waals surface area contributed by atoms with Crippen LogP contribution in [0.5, 0.6) is 0 Å². The van der Waals surface area contributed by atoms with E-state index in [2.05, 4.69) is 29.5 Å². The lowest BCUT2D eigenvalue weighted by Gasteiger charge is -2.34. The Morgan fingerprint density at radius 1 is 1.37 bits per heavy atom. The van der Waals surface area contributed by atoms with Crippen molar-refractivity contribution in [2.45, 2.75) is 72.3 Å². The Labute approximate surface area is 185 Å². The monoisotopic (exact) mass is 437 g/mol. The van der Waals surface area contributed by atoms with E-state index in [1.54, 1.807) is 11.3 Å². The highest BCUT2D eigenvalue weighted by atomic mass is 32.1. The first-order valence-electron chi connectivity index (χ1n) is 11.2. The number of likely N-dealkylation sites (tertiary alicyclic amines) is 1. The number of aliphatic imine (C=N–C) groups is 1. The first kappa shape index (κ1) is 24.4. The molecule has 0 bridgehead atoms. The third kappa shape index (κ3) is 8.90. The number of piperidine rings is 1. The number of rotatable bonds is 8. The van der Waals surface area contributed by atoms with Gasteiger partial charge in [0, 0.05) is 50.2 Å². The molecule has 0 spiro atoms. The van der Waals surface area contributed by atoms with Crippen molar-refractivity contribution >= 4 is 23.4 Å². The van der Waals surface area contributed by atoms with Gasteiger partial charge in [0.25, 0.3) is 0 Å². The number of nitrogens with one attached hydrogen (secondary N) is 2. The number of nitrogens with zero attached hydrogens (tertiary/aromatic N) is 3. The van der Waals surface area contributed by atoms with Crippen LogP contribution in [0.2, 0.25) is 0 Å². The van der Waals surface area contributed by atoms with Gasteiger partial charge in [0.15, 0.2) is 5.96 Å². The average molecular weight is 438 g/mol. The van der Waals surface area contributed by atoms with E-state index in [0.717, 1.165) is 70.8 Å². The standard InChI is InChI=1S/C22H39N5O2S/c1-6-18-15-26-19(30-18)11-13-25-20(23-7-2)24-12-10-17-9-8-14-27(16-17)21(28)29-22(3,4)5/h15,17H,6-14,16H2,1-5H3,(H2,23,24,25). The number of ether oxygens (including phenoxy) is 1. The summed E-state index contributed by atoms with van der Waals surface area (Å²) in [6.45, 7) is 13.9. The number of carbonyl (C=O) groups excluding carboxylic acids is 1. The molecule has 1 atom stereocenters. The molecule has 1 aliphatic heterocycles. The van der Waals surface area contributed by atoms with Crippen molar-refractivity contribution in [3.63, 3.8) is 0 Å². The first-order valence-corrected chi connectivity index (χ1v) is 12.1. The molecule has 1 aromatic heterocycles. The summed E-state index contributed by atoms with van der Waals surface area (Å²) in [4.78, 5) is 24.7. The molecule has 0 aliphatic carbocycles. The van der Waals surface area contributed by atoms with Gasteiger partial charge in [0.1, 0.15) is 5.60 Å². The van der Waals surface area contributed by atoms with Crippen molar-refractivity contribution in [1.29, 1.82) is 0 Å². The van der Waals surface area contributed by atoms with Crippen LogP contribution in [0.3, 0.4) is 0 Å². The molecule has 1 aliphatic rings. The molecule has 2 rings (SSSR count). The predicted molar refractivity (Wildman–Crippen MR) is 124 cm³/mol. The van der Waals surface area contributed by atoms with Gasteiger partial charge in [-0.25, -0.2) is 9.78 Å². The molecule has 30 heavy (non-hydrogen) atoms. The molecule has 2 N–H and O–H groups in total. The van der Waals surface area contributed by atoms with E-state index in [1.807, 2.05) is 31.9 Å². The van der Waals surface area contributed by atoms with Crippen LogP contribution in [0.4, 0.5) is 4.79 Å². The number of aryl methyl sites for hydroxylation is 1. The molecule has 7 nitrogen and oxygen atoms in total. The summed E-state index contributed by atoms with van der Waals surface area (Å²) in [5, 5.41) is 7.89. The zero-order valence-corrected chi connectivity index (χ0v) is 20.1. The summed E-state index contributed by atoms with van der Waals surface area (Å²) in [7, 11) is 0. The van der Waals surface area contributed by atoms with Crippen LogP contribution in [-0.4, -0.2) is 60.3 Å². The zero-order chi connectivity index (χ0) is 22.0. The number of hydrogen-bond acceptors (Lipinski definition) is 5. The van der Waals surface area contributed by atoms with Crippen LogP contribution in [0.25, 0.3) is 0 Å². The third-order valence-corrected chi connectivity index (χ3v) is 6.10. The highest BCUT2D eigenvalue weighted by Gasteiger charge is 2.27. The van der Waals surface area contributed by atoms with Crippen LogP contribution in [0.1, 0.15) is 63.8 Å². The molecule has 1 amide bonds. The SMILES string of the molecule is CCNC(=NCCC1CCCN(C(=O)OC(C)(C)C)C1)NCCc1ncc(CC)s1. The Morgan fingerprint density at radius 2 is 2.17 bits per heavy atom. The van der Waals surface area contributed by atoms with E-state index in [0.29, 0.717) is 5.92 Å². The lowest BCUT2D eigenvalue weighted by molar-refractivity contribution is 0.0163. The van der Waals surface area contributed by atoms with Gasteiger partial charge in [-0.05, 0) is 59.3 Å². The molecular weight excluding hydrogens is 398 g/mol. The highest BCUT2D eigenvalue weighted by molar-refractivity contribution is 7.11. The van der Waals surface area contributed by atoms with Crippen LogP contribution in [-0.2, 0) is 17.6 Å². The van der Waals surface area contributed by atoms with Crippen molar-refractivity contribution < 1.29 is 9.53 Å². The number of thiazole rings is 1. The molecule has 0 aromatic carbocycles. The Bertz CT molecular complexity index is 683. The zero-order valence-electron chi connectivity index (χ0n) is 19.3. The summed E-state index contributed by atoms with van der Waals surface area (Å²) in [6, 6.07) is 0. The van der Waals surface area contributed by atoms with Crippen molar-refractivity contribution in [2.24, 2.45) is 10.9 Å². The second-order valence-electron chi connectivity index (χ2n) is 8.73. The second-order valence-corrected chi connectivity index (χ2v) is 9.93. The van der Waals surface area contributed by atoms with E-state index in [4.69, 9.17) is 9.73 Å². The minimum Gasteiger partial charge on any atom is -0.444 e. The third-order valence-electron chi connectivity index (χ3n) is 4.90. The van der Waals surface area contributed by atoms with Gasteiger partial charge >= 0.3 is 6.09 Å². The van der Waals surface area contributed by atoms with Gasteiger partial charge in [-0.15, -0.1) is 11.3 Å². The summed E-state index contributed by atoms with van der Waals surface area (Å²) >= 11 is 1.79. The smallest absolute Gasteiger partial charge is 0.410 e. The van der Waals surface area contributed by atoms with E-state index >= 15 is 0 Å². The summed E-state index contributed by atoms with van der Waals surface area (Å²) in [5.74, 6) is 1.32. The van der Waals surface area contributed by atoms with E-state index in [-0.39, 0.29) is 6.09 Å². The fraction of sp³-hybridized carbons (Fsp3) is 0.773. The maximum Gasteiger partial charge on any atom is 0.410 e.